The number of benzene rings is 1. The standard InChI is InChI=1S/C16H23BF3N2O2/c1-16(2,3)24-15(23)22-10-9-21(12-14(22)17(18,19)20)11-13-7-5-4-6-8-13/h4-8,14H,9-12H2,1-3H3/q-1. The molecule has 1 saturated heterocycles. The van der Waals surface area contributed by atoms with Gasteiger partial charge in [-0.2, -0.15) is 0 Å². The molecular formula is C16H23BF3N2O2-. The first-order valence-corrected chi connectivity index (χ1v) is 8.02. The zero-order valence-electron chi connectivity index (χ0n) is 14.2. The topological polar surface area (TPSA) is 32.8 Å². The maximum atomic E-state index is 13.5. The number of rotatable bonds is 3. The van der Waals surface area contributed by atoms with Crippen molar-refractivity contribution in [3.05, 3.63) is 35.9 Å². The summed E-state index contributed by atoms with van der Waals surface area (Å²) in [5.74, 6) is -1.79. The van der Waals surface area contributed by atoms with Gasteiger partial charge in [-0.15, -0.1) is 0 Å². The van der Waals surface area contributed by atoms with Crippen LogP contribution in [0.15, 0.2) is 30.3 Å². The molecule has 0 radical (unpaired) electrons. The van der Waals surface area contributed by atoms with Crippen LogP contribution < -0.4 is 0 Å². The van der Waals surface area contributed by atoms with Crippen molar-refractivity contribution in [3.63, 3.8) is 0 Å². The fraction of sp³-hybridized carbons (Fsp3) is 0.562. The first-order valence-electron chi connectivity index (χ1n) is 8.02. The predicted molar refractivity (Wildman–Crippen MR) is 87.5 cm³/mol. The lowest BCUT2D eigenvalue weighted by Crippen LogP contribution is -2.63. The predicted octanol–water partition coefficient (Wildman–Crippen LogP) is 3.49. The van der Waals surface area contributed by atoms with E-state index in [1.807, 2.05) is 30.3 Å². The highest BCUT2D eigenvalue weighted by atomic mass is 19.4. The van der Waals surface area contributed by atoms with E-state index in [1.165, 1.54) is 0 Å². The van der Waals surface area contributed by atoms with Gasteiger partial charge in [-0.05, 0) is 32.9 Å². The van der Waals surface area contributed by atoms with Gasteiger partial charge in [-0.25, -0.2) is 4.79 Å². The van der Waals surface area contributed by atoms with Crippen LogP contribution in [0.2, 0.25) is 0 Å². The number of ether oxygens (including phenoxy) is 1. The molecule has 0 saturated carbocycles. The van der Waals surface area contributed by atoms with Crippen molar-refractivity contribution in [1.29, 1.82) is 0 Å². The third kappa shape index (κ3) is 5.16. The van der Waals surface area contributed by atoms with Crippen molar-refractivity contribution in [2.75, 3.05) is 19.6 Å². The monoisotopic (exact) mass is 343 g/mol. The van der Waals surface area contributed by atoms with E-state index in [0.717, 1.165) is 10.5 Å². The molecule has 2 rings (SSSR count). The second-order valence-electron chi connectivity index (χ2n) is 7.09. The third-order valence-electron chi connectivity index (χ3n) is 3.82. The Bertz CT molecular complexity index is 561. The molecular weight excluding hydrogens is 320 g/mol. The largest absolute Gasteiger partial charge is 0.501 e. The minimum atomic E-state index is -5.19. The van der Waals surface area contributed by atoms with Gasteiger partial charge in [0.1, 0.15) is 5.60 Å². The zero-order valence-corrected chi connectivity index (χ0v) is 14.2. The number of piperazine rings is 1. The minimum absolute atomic E-state index is 0.00761. The summed E-state index contributed by atoms with van der Waals surface area (Å²) in [4.78, 5) is 14.7. The van der Waals surface area contributed by atoms with Crippen LogP contribution in [0, 0.1) is 0 Å². The number of amides is 1. The molecule has 0 bridgehead atoms. The van der Waals surface area contributed by atoms with E-state index in [-0.39, 0.29) is 13.1 Å². The molecule has 24 heavy (non-hydrogen) atoms. The number of hydrogen-bond donors (Lipinski definition) is 0. The molecule has 1 amide bonds. The Kier molecular flexibility index (Phi) is 5.47. The van der Waals surface area contributed by atoms with Crippen LogP contribution in [0.3, 0.4) is 0 Å². The Labute approximate surface area is 140 Å². The molecule has 1 unspecified atom stereocenters. The maximum Gasteiger partial charge on any atom is 0.501 e. The van der Waals surface area contributed by atoms with Gasteiger partial charge in [0.05, 0.1) is 0 Å². The number of hydrogen-bond acceptors (Lipinski definition) is 3. The molecule has 1 aliphatic heterocycles. The Morgan fingerprint density at radius 2 is 1.83 bits per heavy atom. The molecule has 0 aliphatic carbocycles. The molecule has 1 heterocycles. The molecule has 1 aromatic carbocycles. The molecule has 4 nitrogen and oxygen atoms in total. The maximum absolute atomic E-state index is 13.5. The second kappa shape index (κ2) is 7.05. The van der Waals surface area contributed by atoms with Crippen LogP contribution in [0.4, 0.5) is 17.7 Å². The number of carbonyl (C=O) groups excluding carboxylic acids is 1. The van der Waals surface area contributed by atoms with Gasteiger partial charge < -0.3 is 22.6 Å². The highest BCUT2D eigenvalue weighted by molar-refractivity contribution is 6.60. The van der Waals surface area contributed by atoms with Crippen molar-refractivity contribution >= 4 is 13.1 Å². The number of nitrogens with zero attached hydrogens (tertiary/aromatic N) is 2. The van der Waals surface area contributed by atoms with Gasteiger partial charge in [0, 0.05) is 25.6 Å². The average Bonchev–Trinajstić information content (AvgIpc) is 2.45. The fourth-order valence-corrected chi connectivity index (χ4v) is 2.73. The van der Waals surface area contributed by atoms with Gasteiger partial charge in [-0.3, -0.25) is 4.90 Å². The van der Waals surface area contributed by atoms with Crippen molar-refractivity contribution in [3.8, 4) is 0 Å². The fourth-order valence-electron chi connectivity index (χ4n) is 2.73. The van der Waals surface area contributed by atoms with E-state index in [9.17, 15) is 17.7 Å². The van der Waals surface area contributed by atoms with E-state index in [2.05, 4.69) is 0 Å². The quantitative estimate of drug-likeness (QED) is 0.788. The second-order valence-corrected chi connectivity index (χ2v) is 7.09. The Morgan fingerprint density at radius 3 is 2.38 bits per heavy atom. The van der Waals surface area contributed by atoms with Crippen molar-refractivity contribution in [2.45, 2.75) is 38.9 Å². The molecule has 134 valence electrons. The molecule has 0 aromatic heterocycles. The lowest BCUT2D eigenvalue weighted by atomic mass is 9.76. The van der Waals surface area contributed by atoms with Crippen molar-refractivity contribution in [1.82, 2.24) is 9.80 Å². The Hall–Kier alpha value is -1.70. The normalized spacial score (nSPS) is 20.1. The summed E-state index contributed by atoms with van der Waals surface area (Å²) in [5, 5.41) is 0. The Morgan fingerprint density at radius 1 is 1.21 bits per heavy atom. The van der Waals surface area contributed by atoms with Gasteiger partial charge in [0.2, 0.25) is 0 Å². The van der Waals surface area contributed by atoms with E-state index in [1.54, 1.807) is 25.7 Å². The number of carbonyl (C=O) groups is 1. The van der Waals surface area contributed by atoms with Crippen LogP contribution in [0.5, 0.6) is 0 Å². The van der Waals surface area contributed by atoms with E-state index >= 15 is 0 Å². The summed E-state index contributed by atoms with van der Waals surface area (Å²) in [6.45, 7) is 0.348. The van der Waals surface area contributed by atoms with Crippen LogP contribution in [-0.4, -0.2) is 54.0 Å². The Balaban J connectivity index is 2.09. The van der Waals surface area contributed by atoms with Crippen molar-refractivity contribution < 1.29 is 22.5 Å². The molecule has 8 heteroatoms. The number of halogens is 3. The van der Waals surface area contributed by atoms with Crippen LogP contribution in [0.1, 0.15) is 26.3 Å². The summed E-state index contributed by atoms with van der Waals surface area (Å²) in [5.41, 5.74) is 0.137. The summed E-state index contributed by atoms with van der Waals surface area (Å²) in [7, 11) is 0. The zero-order chi connectivity index (χ0) is 18.0. The summed E-state index contributed by atoms with van der Waals surface area (Å²) in [6, 6.07) is 9.35. The van der Waals surface area contributed by atoms with Gasteiger partial charge in [0.15, 0.2) is 0 Å². The first-order chi connectivity index (χ1) is 11.1. The van der Waals surface area contributed by atoms with E-state index in [0.29, 0.717) is 13.1 Å². The van der Waals surface area contributed by atoms with Gasteiger partial charge in [-0.1, -0.05) is 30.3 Å². The smallest absolute Gasteiger partial charge is 0.448 e. The van der Waals surface area contributed by atoms with E-state index < -0.39 is 24.6 Å². The molecule has 0 spiro atoms. The van der Waals surface area contributed by atoms with Crippen LogP contribution in [0.25, 0.3) is 0 Å². The van der Waals surface area contributed by atoms with Crippen molar-refractivity contribution in [2.24, 2.45) is 0 Å². The lowest BCUT2D eigenvalue weighted by Gasteiger charge is -2.45. The van der Waals surface area contributed by atoms with Gasteiger partial charge >= 0.3 is 13.1 Å². The lowest BCUT2D eigenvalue weighted by molar-refractivity contribution is 0.00313. The third-order valence-corrected chi connectivity index (χ3v) is 3.82. The summed E-state index contributed by atoms with van der Waals surface area (Å²) in [6.07, 6.45) is -0.897. The van der Waals surface area contributed by atoms with E-state index in [4.69, 9.17) is 4.74 Å². The van der Waals surface area contributed by atoms with Crippen LogP contribution in [-0.2, 0) is 11.3 Å². The average molecular weight is 343 g/mol. The summed E-state index contributed by atoms with van der Waals surface area (Å²) < 4.78 is 45.6. The highest BCUT2D eigenvalue weighted by Crippen LogP contribution is 2.26. The molecule has 1 aromatic rings. The molecule has 1 fully saturated rings. The van der Waals surface area contributed by atoms with Gasteiger partial charge in [0.25, 0.3) is 0 Å². The molecule has 1 atom stereocenters. The summed E-state index contributed by atoms with van der Waals surface area (Å²) >= 11 is 0. The minimum Gasteiger partial charge on any atom is -0.448 e. The van der Waals surface area contributed by atoms with Crippen LogP contribution >= 0.6 is 0 Å². The molecule has 1 aliphatic rings. The molecule has 0 N–H and O–H groups in total. The SMILES string of the molecule is CC(C)(C)OC(=O)N1CCN(Cc2ccccc2)CC1[B-](F)(F)F. The highest BCUT2D eigenvalue weighted by Gasteiger charge is 2.45. The first kappa shape index (κ1) is 18.6.